The van der Waals surface area contributed by atoms with Crippen molar-refractivity contribution in [3.05, 3.63) is 83.4 Å². The van der Waals surface area contributed by atoms with Crippen molar-refractivity contribution in [3.8, 4) is 17.2 Å². The molecule has 0 aliphatic heterocycles. The number of hydrogen-bond acceptors (Lipinski definition) is 6. The van der Waals surface area contributed by atoms with Gasteiger partial charge in [-0.2, -0.15) is 0 Å². The number of benzene rings is 3. The highest BCUT2D eigenvalue weighted by Crippen LogP contribution is 2.35. The van der Waals surface area contributed by atoms with Crippen molar-refractivity contribution in [1.82, 2.24) is 0 Å². The Kier molecular flexibility index (Phi) is 5.93. The van der Waals surface area contributed by atoms with Crippen molar-refractivity contribution < 1.29 is 24.9 Å². The molecule has 0 radical (unpaired) electrons. The monoisotopic (exact) mass is 393 g/mol. The molecule has 150 valence electrons. The Labute approximate surface area is 169 Å². The smallest absolute Gasteiger partial charge is 0.338 e. The number of esters is 1. The molecule has 0 fully saturated rings. The van der Waals surface area contributed by atoms with E-state index >= 15 is 0 Å². The van der Waals surface area contributed by atoms with E-state index in [1.807, 2.05) is 18.0 Å². The summed E-state index contributed by atoms with van der Waals surface area (Å²) in [4.78, 5) is 14.5. The van der Waals surface area contributed by atoms with Gasteiger partial charge in [0.05, 0.1) is 12.1 Å². The quantitative estimate of drug-likeness (QED) is 0.431. The molecule has 3 rings (SSSR count). The lowest BCUT2D eigenvalue weighted by molar-refractivity contribution is 0.0312. The topological polar surface area (TPSA) is 90.2 Å². The highest BCUT2D eigenvalue weighted by Gasteiger charge is 2.24. The van der Waals surface area contributed by atoms with Gasteiger partial charge in [-0.15, -0.1) is 0 Å². The number of aromatic hydroxyl groups is 3. The maximum Gasteiger partial charge on any atom is 0.338 e. The zero-order chi connectivity index (χ0) is 21.0. The highest BCUT2D eigenvalue weighted by atomic mass is 16.5. The van der Waals surface area contributed by atoms with Gasteiger partial charge in [-0.1, -0.05) is 24.3 Å². The van der Waals surface area contributed by atoms with Gasteiger partial charge in [0, 0.05) is 23.9 Å². The van der Waals surface area contributed by atoms with E-state index < -0.39 is 12.1 Å². The van der Waals surface area contributed by atoms with E-state index in [0.717, 1.165) is 5.69 Å². The van der Waals surface area contributed by atoms with Gasteiger partial charge in [-0.3, -0.25) is 0 Å². The lowest BCUT2D eigenvalue weighted by Gasteiger charge is -2.27. The summed E-state index contributed by atoms with van der Waals surface area (Å²) in [6, 6.07) is 18.3. The lowest BCUT2D eigenvalue weighted by Crippen LogP contribution is -2.28. The molecule has 0 amide bonds. The van der Waals surface area contributed by atoms with Gasteiger partial charge < -0.3 is 25.0 Å². The van der Waals surface area contributed by atoms with Crippen LogP contribution in [0.1, 0.15) is 27.6 Å². The minimum absolute atomic E-state index is 0.161. The number of hydrogen-bond donors (Lipinski definition) is 3. The first-order valence-electron chi connectivity index (χ1n) is 9.14. The average molecular weight is 393 g/mol. The van der Waals surface area contributed by atoms with Crippen LogP contribution in [0.5, 0.6) is 17.2 Å². The Balaban J connectivity index is 1.92. The minimum atomic E-state index is -0.701. The fourth-order valence-electron chi connectivity index (χ4n) is 3.08. The molecule has 0 heterocycles. The number of rotatable bonds is 6. The lowest BCUT2D eigenvalue weighted by atomic mass is 10.0. The van der Waals surface area contributed by atoms with Crippen LogP contribution >= 0.6 is 0 Å². The molecule has 3 aromatic carbocycles. The third kappa shape index (κ3) is 4.60. The zero-order valence-corrected chi connectivity index (χ0v) is 16.2. The largest absolute Gasteiger partial charge is 0.508 e. The molecule has 0 aromatic heterocycles. The van der Waals surface area contributed by atoms with E-state index in [4.69, 9.17) is 4.74 Å². The molecule has 0 aliphatic carbocycles. The molecule has 1 atom stereocenters. The molecule has 0 spiro atoms. The van der Waals surface area contributed by atoms with Crippen LogP contribution in [-0.2, 0) is 4.74 Å². The van der Waals surface area contributed by atoms with Gasteiger partial charge in [0.15, 0.2) is 11.5 Å². The molecule has 0 saturated heterocycles. The standard InChI is InChI=1S/C23H23NO5/c1-15-19(12-13-20(26)22(15)27)21(29-23(28)16-6-4-3-5-7-16)14-24(2)17-8-10-18(25)11-9-17/h3-13,21,25-27H,14H2,1-2H3. The zero-order valence-electron chi connectivity index (χ0n) is 16.2. The Bertz CT molecular complexity index is 986. The van der Waals surface area contributed by atoms with Crippen LogP contribution in [0.4, 0.5) is 5.69 Å². The molecular formula is C23H23NO5. The first-order chi connectivity index (χ1) is 13.9. The van der Waals surface area contributed by atoms with Gasteiger partial charge in [0.1, 0.15) is 11.9 Å². The molecule has 0 bridgehead atoms. The molecule has 1 unspecified atom stereocenters. The number of likely N-dealkylation sites (N-methyl/N-ethyl adjacent to an activating group) is 1. The molecule has 3 N–H and O–H groups in total. The minimum Gasteiger partial charge on any atom is -0.508 e. The van der Waals surface area contributed by atoms with Crippen LogP contribution in [0.3, 0.4) is 0 Å². The number of phenolic OH excluding ortho intramolecular Hbond substituents is 3. The predicted octanol–water partition coefficient (Wildman–Crippen LogP) is 4.15. The normalized spacial score (nSPS) is 11.7. The van der Waals surface area contributed by atoms with Crippen LogP contribution in [0.25, 0.3) is 0 Å². The van der Waals surface area contributed by atoms with Crippen LogP contribution in [-0.4, -0.2) is 34.9 Å². The van der Waals surface area contributed by atoms with E-state index in [0.29, 0.717) is 23.2 Å². The molecule has 3 aromatic rings. The second-order valence-electron chi connectivity index (χ2n) is 6.80. The maximum absolute atomic E-state index is 12.7. The summed E-state index contributed by atoms with van der Waals surface area (Å²) in [6.45, 7) is 1.96. The fraction of sp³-hybridized carbons (Fsp3) is 0.174. The average Bonchev–Trinajstić information content (AvgIpc) is 2.72. The van der Waals surface area contributed by atoms with Crippen LogP contribution in [0.15, 0.2) is 66.7 Å². The van der Waals surface area contributed by atoms with Crippen LogP contribution in [0, 0.1) is 6.92 Å². The van der Waals surface area contributed by atoms with E-state index in [9.17, 15) is 20.1 Å². The van der Waals surface area contributed by atoms with E-state index in [1.165, 1.54) is 6.07 Å². The number of ether oxygens (including phenoxy) is 1. The first-order valence-corrected chi connectivity index (χ1v) is 9.14. The molecule has 0 saturated carbocycles. The van der Waals surface area contributed by atoms with Gasteiger partial charge in [-0.05, 0) is 49.4 Å². The summed E-state index contributed by atoms with van der Waals surface area (Å²) in [6.07, 6.45) is -0.701. The maximum atomic E-state index is 12.7. The Hall–Kier alpha value is -3.67. The number of phenols is 3. The summed E-state index contributed by atoms with van der Waals surface area (Å²) >= 11 is 0. The molecule has 29 heavy (non-hydrogen) atoms. The van der Waals surface area contributed by atoms with Crippen molar-refractivity contribution in [2.24, 2.45) is 0 Å². The van der Waals surface area contributed by atoms with Crippen LogP contribution < -0.4 is 4.90 Å². The second-order valence-corrected chi connectivity index (χ2v) is 6.80. The van der Waals surface area contributed by atoms with Gasteiger partial charge >= 0.3 is 5.97 Å². The summed E-state index contributed by atoms with van der Waals surface area (Å²) in [7, 11) is 1.84. The Morgan fingerprint density at radius 2 is 1.62 bits per heavy atom. The van der Waals surface area contributed by atoms with Gasteiger partial charge in [0.2, 0.25) is 0 Å². The van der Waals surface area contributed by atoms with Gasteiger partial charge in [-0.25, -0.2) is 4.79 Å². The molecular weight excluding hydrogens is 370 g/mol. The highest BCUT2D eigenvalue weighted by molar-refractivity contribution is 5.89. The Morgan fingerprint density at radius 3 is 2.28 bits per heavy atom. The second kappa shape index (κ2) is 8.56. The molecule has 0 aliphatic rings. The van der Waals surface area contributed by atoms with E-state index in [1.54, 1.807) is 61.5 Å². The summed E-state index contributed by atoms with van der Waals surface area (Å²) in [5.74, 6) is -0.794. The van der Waals surface area contributed by atoms with Crippen molar-refractivity contribution in [2.45, 2.75) is 13.0 Å². The fourth-order valence-corrected chi connectivity index (χ4v) is 3.08. The number of carbonyl (C=O) groups is 1. The third-order valence-electron chi connectivity index (χ3n) is 4.79. The Morgan fingerprint density at radius 1 is 0.966 bits per heavy atom. The van der Waals surface area contributed by atoms with Crippen molar-refractivity contribution >= 4 is 11.7 Å². The molecule has 6 heteroatoms. The van der Waals surface area contributed by atoms with Crippen molar-refractivity contribution in [1.29, 1.82) is 0 Å². The molecule has 6 nitrogen and oxygen atoms in total. The summed E-state index contributed by atoms with van der Waals surface area (Å²) in [5.41, 5.74) is 2.28. The van der Waals surface area contributed by atoms with E-state index in [2.05, 4.69) is 0 Å². The number of anilines is 1. The summed E-state index contributed by atoms with van der Waals surface area (Å²) in [5, 5.41) is 29.4. The summed E-state index contributed by atoms with van der Waals surface area (Å²) < 4.78 is 5.79. The first kappa shape index (κ1) is 20.1. The third-order valence-corrected chi connectivity index (χ3v) is 4.79. The number of carbonyl (C=O) groups excluding carboxylic acids is 1. The van der Waals surface area contributed by atoms with Crippen molar-refractivity contribution in [2.75, 3.05) is 18.5 Å². The van der Waals surface area contributed by atoms with Gasteiger partial charge in [0.25, 0.3) is 0 Å². The number of nitrogens with zero attached hydrogens (tertiary/aromatic N) is 1. The van der Waals surface area contributed by atoms with Crippen molar-refractivity contribution in [3.63, 3.8) is 0 Å². The predicted molar refractivity (Wildman–Crippen MR) is 110 cm³/mol. The SMILES string of the molecule is Cc1c(C(CN(C)c2ccc(O)cc2)OC(=O)c2ccccc2)ccc(O)c1O. The van der Waals surface area contributed by atoms with Crippen LogP contribution in [0.2, 0.25) is 0 Å². The van der Waals surface area contributed by atoms with E-state index in [-0.39, 0.29) is 17.2 Å².